The molecule has 2 aromatic rings. The lowest BCUT2D eigenvalue weighted by Gasteiger charge is -2.26. The summed E-state index contributed by atoms with van der Waals surface area (Å²) in [5.41, 5.74) is 0.378. The van der Waals surface area contributed by atoms with Crippen molar-refractivity contribution >= 4 is 5.82 Å². The number of nitriles is 1. The SMILES string of the molecule is CN(C)C(CNc1ncccc1C#N)c1c(F)cccc1F. The first-order valence-electron chi connectivity index (χ1n) is 6.74. The summed E-state index contributed by atoms with van der Waals surface area (Å²) in [6.45, 7) is 0.219. The zero-order valence-electron chi connectivity index (χ0n) is 12.3. The number of benzene rings is 1. The van der Waals surface area contributed by atoms with E-state index < -0.39 is 17.7 Å². The highest BCUT2D eigenvalue weighted by atomic mass is 19.1. The zero-order valence-corrected chi connectivity index (χ0v) is 12.3. The molecule has 1 heterocycles. The van der Waals surface area contributed by atoms with Gasteiger partial charge in [0, 0.05) is 18.3 Å². The molecule has 0 bridgehead atoms. The summed E-state index contributed by atoms with van der Waals surface area (Å²) in [7, 11) is 3.48. The van der Waals surface area contributed by atoms with E-state index in [-0.39, 0.29) is 12.1 Å². The summed E-state index contributed by atoms with van der Waals surface area (Å²) in [6, 6.07) is 8.58. The van der Waals surface area contributed by atoms with Crippen molar-refractivity contribution < 1.29 is 8.78 Å². The summed E-state index contributed by atoms with van der Waals surface area (Å²) >= 11 is 0. The van der Waals surface area contributed by atoms with E-state index in [0.29, 0.717) is 11.4 Å². The summed E-state index contributed by atoms with van der Waals surface area (Å²) in [5.74, 6) is -0.794. The number of halogens is 2. The Balaban J connectivity index is 2.26. The van der Waals surface area contributed by atoms with E-state index in [2.05, 4.69) is 10.3 Å². The van der Waals surface area contributed by atoms with E-state index in [0.717, 1.165) is 0 Å². The lowest BCUT2D eigenvalue weighted by molar-refractivity contribution is 0.295. The summed E-state index contributed by atoms with van der Waals surface area (Å²) in [4.78, 5) is 5.79. The van der Waals surface area contributed by atoms with Gasteiger partial charge in [-0.25, -0.2) is 13.8 Å². The zero-order chi connectivity index (χ0) is 16.1. The van der Waals surface area contributed by atoms with Gasteiger partial charge in [-0.2, -0.15) is 5.26 Å². The molecular weight excluding hydrogens is 286 g/mol. The first-order chi connectivity index (χ1) is 10.5. The second-order valence-electron chi connectivity index (χ2n) is 5.01. The van der Waals surface area contributed by atoms with Gasteiger partial charge in [0.1, 0.15) is 23.5 Å². The van der Waals surface area contributed by atoms with Crippen LogP contribution in [0.15, 0.2) is 36.5 Å². The molecule has 2 rings (SSSR count). The van der Waals surface area contributed by atoms with Crippen molar-refractivity contribution in [2.45, 2.75) is 6.04 Å². The maximum atomic E-state index is 14.0. The Morgan fingerprint density at radius 3 is 2.50 bits per heavy atom. The van der Waals surface area contributed by atoms with Crippen molar-refractivity contribution in [3.8, 4) is 6.07 Å². The molecule has 1 aromatic heterocycles. The van der Waals surface area contributed by atoms with Gasteiger partial charge >= 0.3 is 0 Å². The van der Waals surface area contributed by atoms with Crippen LogP contribution in [0.3, 0.4) is 0 Å². The van der Waals surface area contributed by atoms with Gasteiger partial charge in [-0.05, 0) is 38.4 Å². The number of hydrogen-bond donors (Lipinski definition) is 1. The molecule has 1 aromatic carbocycles. The van der Waals surface area contributed by atoms with Crippen LogP contribution in [0.4, 0.5) is 14.6 Å². The second kappa shape index (κ2) is 6.96. The van der Waals surface area contributed by atoms with Gasteiger partial charge in [-0.3, -0.25) is 0 Å². The Bertz CT molecular complexity index is 675. The van der Waals surface area contributed by atoms with Crippen LogP contribution in [0.2, 0.25) is 0 Å². The third-order valence-corrected chi connectivity index (χ3v) is 3.35. The number of nitrogens with one attached hydrogen (secondary N) is 1. The predicted octanol–water partition coefficient (Wildman–Crippen LogP) is 2.95. The number of nitrogens with zero attached hydrogens (tertiary/aromatic N) is 3. The van der Waals surface area contributed by atoms with Crippen LogP contribution in [0, 0.1) is 23.0 Å². The van der Waals surface area contributed by atoms with Crippen molar-refractivity contribution in [1.82, 2.24) is 9.88 Å². The van der Waals surface area contributed by atoms with Crippen molar-refractivity contribution in [2.75, 3.05) is 26.0 Å². The van der Waals surface area contributed by atoms with Crippen molar-refractivity contribution in [3.05, 3.63) is 59.3 Å². The largest absolute Gasteiger partial charge is 0.367 e. The maximum absolute atomic E-state index is 14.0. The minimum atomic E-state index is -0.595. The fourth-order valence-corrected chi connectivity index (χ4v) is 2.20. The molecule has 0 radical (unpaired) electrons. The van der Waals surface area contributed by atoms with Crippen LogP contribution >= 0.6 is 0 Å². The van der Waals surface area contributed by atoms with Crippen LogP contribution in [-0.4, -0.2) is 30.5 Å². The normalized spacial score (nSPS) is 12.0. The highest BCUT2D eigenvalue weighted by Crippen LogP contribution is 2.25. The van der Waals surface area contributed by atoms with Gasteiger partial charge in [0.25, 0.3) is 0 Å². The number of anilines is 1. The van der Waals surface area contributed by atoms with Crippen molar-refractivity contribution in [1.29, 1.82) is 5.26 Å². The molecule has 1 unspecified atom stereocenters. The molecule has 0 aliphatic heterocycles. The molecule has 1 N–H and O–H groups in total. The monoisotopic (exact) mass is 302 g/mol. The molecule has 22 heavy (non-hydrogen) atoms. The molecule has 1 atom stereocenters. The molecule has 0 fully saturated rings. The summed E-state index contributed by atoms with van der Waals surface area (Å²) < 4.78 is 27.9. The number of aromatic nitrogens is 1. The van der Waals surface area contributed by atoms with Crippen molar-refractivity contribution in [3.63, 3.8) is 0 Å². The third-order valence-electron chi connectivity index (χ3n) is 3.35. The second-order valence-corrected chi connectivity index (χ2v) is 5.01. The van der Waals surface area contributed by atoms with Gasteiger partial charge in [-0.1, -0.05) is 6.07 Å². The Labute approximate surface area is 128 Å². The minimum Gasteiger partial charge on any atom is -0.367 e. The third kappa shape index (κ3) is 3.38. The Kier molecular flexibility index (Phi) is 5.02. The molecule has 0 aliphatic carbocycles. The van der Waals surface area contributed by atoms with Crippen LogP contribution in [-0.2, 0) is 0 Å². The van der Waals surface area contributed by atoms with Gasteiger partial charge < -0.3 is 10.2 Å². The van der Waals surface area contributed by atoms with Crippen LogP contribution in [0.25, 0.3) is 0 Å². The van der Waals surface area contributed by atoms with Crippen LogP contribution in [0.5, 0.6) is 0 Å². The Hall–Kier alpha value is -2.52. The average Bonchev–Trinajstić information content (AvgIpc) is 2.50. The van der Waals surface area contributed by atoms with E-state index in [1.54, 1.807) is 37.3 Å². The predicted molar refractivity (Wildman–Crippen MR) is 80.2 cm³/mol. The fourth-order valence-electron chi connectivity index (χ4n) is 2.20. The molecule has 4 nitrogen and oxygen atoms in total. The molecule has 114 valence electrons. The molecule has 0 saturated heterocycles. The lowest BCUT2D eigenvalue weighted by Crippen LogP contribution is -2.29. The Morgan fingerprint density at radius 2 is 1.91 bits per heavy atom. The molecule has 0 aliphatic rings. The van der Waals surface area contributed by atoms with E-state index in [1.165, 1.54) is 18.2 Å². The minimum absolute atomic E-state index is 0.00515. The van der Waals surface area contributed by atoms with Gasteiger partial charge in [0.2, 0.25) is 0 Å². The molecule has 0 spiro atoms. The smallest absolute Gasteiger partial charge is 0.143 e. The Morgan fingerprint density at radius 1 is 1.23 bits per heavy atom. The highest BCUT2D eigenvalue weighted by molar-refractivity contribution is 5.51. The number of pyridine rings is 1. The van der Waals surface area contributed by atoms with E-state index >= 15 is 0 Å². The van der Waals surface area contributed by atoms with E-state index in [4.69, 9.17) is 5.26 Å². The standard InChI is InChI=1S/C16H16F2N4/c1-22(2)14(15-12(17)6-3-7-13(15)18)10-21-16-11(9-19)5-4-8-20-16/h3-8,14H,10H2,1-2H3,(H,20,21). The summed E-state index contributed by atoms with van der Waals surface area (Å²) in [6.07, 6.45) is 1.55. The van der Waals surface area contributed by atoms with Gasteiger partial charge in [0.15, 0.2) is 0 Å². The van der Waals surface area contributed by atoms with E-state index in [1.807, 2.05) is 6.07 Å². The first kappa shape index (κ1) is 15.9. The van der Waals surface area contributed by atoms with Gasteiger partial charge in [0.05, 0.1) is 11.6 Å². The topological polar surface area (TPSA) is 52.0 Å². The van der Waals surface area contributed by atoms with Crippen LogP contribution < -0.4 is 5.32 Å². The summed E-state index contributed by atoms with van der Waals surface area (Å²) in [5, 5.41) is 12.0. The first-order valence-corrected chi connectivity index (χ1v) is 6.74. The molecule has 6 heteroatoms. The van der Waals surface area contributed by atoms with Crippen molar-refractivity contribution in [2.24, 2.45) is 0 Å². The number of hydrogen-bond acceptors (Lipinski definition) is 4. The highest BCUT2D eigenvalue weighted by Gasteiger charge is 2.22. The van der Waals surface area contributed by atoms with Gasteiger partial charge in [-0.15, -0.1) is 0 Å². The molecular formula is C16H16F2N4. The van der Waals surface area contributed by atoms with E-state index in [9.17, 15) is 8.78 Å². The molecule has 0 saturated carbocycles. The quantitative estimate of drug-likeness (QED) is 0.922. The van der Waals surface area contributed by atoms with Crippen LogP contribution in [0.1, 0.15) is 17.2 Å². The number of likely N-dealkylation sites (N-methyl/N-ethyl adjacent to an activating group) is 1. The molecule has 0 amide bonds. The lowest BCUT2D eigenvalue weighted by atomic mass is 10.0. The maximum Gasteiger partial charge on any atom is 0.143 e. The number of rotatable bonds is 5. The average molecular weight is 302 g/mol. The fraction of sp³-hybridized carbons (Fsp3) is 0.250.